The van der Waals surface area contributed by atoms with Crippen LogP contribution in [0.15, 0.2) is 33.9 Å². The number of carboxylic acids is 1. The number of nitrogen functional groups attached to an aromatic ring is 1. The van der Waals surface area contributed by atoms with Crippen molar-refractivity contribution in [2.24, 2.45) is 5.16 Å². The molecule has 3 heterocycles. The highest BCUT2D eigenvalue weighted by molar-refractivity contribution is 8.00. The fourth-order valence-corrected chi connectivity index (χ4v) is 7.09. The third-order valence-electron chi connectivity index (χ3n) is 6.25. The van der Waals surface area contributed by atoms with Gasteiger partial charge in [-0.05, 0) is 48.6 Å². The van der Waals surface area contributed by atoms with Crippen LogP contribution in [0.2, 0.25) is 0 Å². The number of nitrogens with zero attached hydrogens (tertiary/aromatic N) is 3. The van der Waals surface area contributed by atoms with E-state index in [9.17, 15) is 28.2 Å². The van der Waals surface area contributed by atoms with Crippen molar-refractivity contribution >= 4 is 61.5 Å². The molecule has 1 aromatic carbocycles. The van der Waals surface area contributed by atoms with Crippen molar-refractivity contribution in [3.05, 3.63) is 51.2 Å². The van der Waals surface area contributed by atoms with Gasteiger partial charge in [-0.1, -0.05) is 11.2 Å². The molecule has 39 heavy (non-hydrogen) atoms. The van der Waals surface area contributed by atoms with Gasteiger partial charge in [0.15, 0.2) is 17.1 Å². The van der Waals surface area contributed by atoms with Crippen LogP contribution in [0.5, 0.6) is 0 Å². The zero-order chi connectivity index (χ0) is 28.6. The van der Waals surface area contributed by atoms with Crippen LogP contribution in [0, 0.1) is 13.8 Å². The number of thioether (sulfide) groups is 1. The maximum Gasteiger partial charge on any atom is 0.352 e. The Balaban J connectivity index is 1.57. The van der Waals surface area contributed by atoms with Crippen molar-refractivity contribution in [1.29, 1.82) is 0 Å². The van der Waals surface area contributed by atoms with E-state index in [0.29, 0.717) is 17.0 Å². The number of rotatable bonds is 9. The number of aliphatic hydroxyl groups is 1. The average molecular weight is 597 g/mol. The summed E-state index contributed by atoms with van der Waals surface area (Å²) in [6.07, 6.45) is -0.00726. The maximum absolute atomic E-state index is 13.0. The number of oxime groups is 1. The lowest BCUT2D eigenvalue weighted by atomic mass is 9.95. The molecule has 2 aromatic rings. The Morgan fingerprint density at radius 2 is 2.03 bits per heavy atom. The monoisotopic (exact) mass is 596 g/mol. The molecule has 1 amide bonds. The number of amides is 1. The van der Waals surface area contributed by atoms with E-state index in [4.69, 9.17) is 10.6 Å². The zero-order valence-corrected chi connectivity index (χ0v) is 23.9. The Morgan fingerprint density at radius 3 is 2.62 bits per heavy atom. The average Bonchev–Trinajstić information content (AvgIpc) is 3.28. The quantitative estimate of drug-likeness (QED) is 0.203. The van der Waals surface area contributed by atoms with Crippen LogP contribution in [0.3, 0.4) is 0 Å². The highest BCUT2D eigenvalue weighted by atomic mass is 32.2. The van der Waals surface area contributed by atoms with Crippen LogP contribution in [0.4, 0.5) is 10.8 Å². The number of benzene rings is 1. The minimum Gasteiger partial charge on any atom is -0.477 e. The molecule has 3 atom stereocenters. The SMILES string of the molecule is CON=C(C(=O)NC1C(O)N2C(C(=O)O)=C(Cc3cc(NS(C)(=O)=O)c(C)cc3C)CSC12)c1csc(N)n1. The lowest BCUT2D eigenvalue weighted by Crippen LogP contribution is -2.73. The fourth-order valence-electron chi connectivity index (χ4n) is 4.50. The highest BCUT2D eigenvalue weighted by Crippen LogP contribution is 2.43. The lowest BCUT2D eigenvalue weighted by Gasteiger charge is -2.55. The van der Waals surface area contributed by atoms with Crippen molar-refractivity contribution in [2.45, 2.75) is 37.9 Å². The number of carboxylic acid groups (broad SMARTS) is 1. The first-order valence-electron chi connectivity index (χ1n) is 11.5. The first-order chi connectivity index (χ1) is 18.3. The Morgan fingerprint density at radius 1 is 1.31 bits per heavy atom. The second kappa shape index (κ2) is 11.0. The molecular formula is C23H28N6O7S3. The van der Waals surface area contributed by atoms with Crippen LogP contribution in [0.1, 0.15) is 22.4 Å². The second-order valence-electron chi connectivity index (χ2n) is 9.12. The topological polar surface area (TPSA) is 197 Å². The largest absolute Gasteiger partial charge is 0.477 e. The summed E-state index contributed by atoms with van der Waals surface area (Å²) in [6, 6.07) is 2.75. The van der Waals surface area contributed by atoms with Crippen molar-refractivity contribution < 1.29 is 33.1 Å². The maximum atomic E-state index is 13.0. The zero-order valence-electron chi connectivity index (χ0n) is 21.5. The number of carbonyl (C=O) groups excluding carboxylic acids is 1. The summed E-state index contributed by atoms with van der Waals surface area (Å²) in [6.45, 7) is 3.65. The van der Waals surface area contributed by atoms with Gasteiger partial charge in [-0.15, -0.1) is 23.1 Å². The molecule has 4 rings (SSSR count). The lowest BCUT2D eigenvalue weighted by molar-refractivity contribution is -0.146. The van der Waals surface area contributed by atoms with E-state index in [2.05, 4.69) is 20.2 Å². The number of nitrogens with two attached hydrogens (primary N) is 1. The molecule has 0 bridgehead atoms. The fraction of sp³-hybridized carbons (Fsp3) is 0.391. The van der Waals surface area contributed by atoms with E-state index in [0.717, 1.165) is 34.3 Å². The normalized spacial score (nSPS) is 21.2. The molecular weight excluding hydrogens is 568 g/mol. The van der Waals surface area contributed by atoms with E-state index in [1.54, 1.807) is 18.4 Å². The van der Waals surface area contributed by atoms with Gasteiger partial charge in [-0.2, -0.15) is 0 Å². The number of hydrogen-bond acceptors (Lipinski definition) is 12. The summed E-state index contributed by atoms with van der Waals surface area (Å²) in [5.74, 6) is -1.54. The van der Waals surface area contributed by atoms with E-state index in [1.165, 1.54) is 23.8 Å². The molecule has 2 aliphatic heterocycles. The van der Waals surface area contributed by atoms with Crippen LogP contribution in [-0.4, -0.2) is 82.9 Å². The number of carbonyl (C=O) groups is 2. The van der Waals surface area contributed by atoms with E-state index < -0.39 is 39.5 Å². The molecule has 1 saturated heterocycles. The molecule has 0 saturated carbocycles. The molecule has 3 unspecified atom stereocenters. The minimum atomic E-state index is -3.51. The molecule has 0 spiro atoms. The summed E-state index contributed by atoms with van der Waals surface area (Å²) in [5, 5.41) is 28.7. The van der Waals surface area contributed by atoms with Crippen LogP contribution in [-0.2, 0) is 30.9 Å². The number of nitrogens with one attached hydrogen (secondary N) is 2. The standard InChI is InChI=1S/C23H28N6O7S3/c1-10-5-11(2)14(28-39(4,34)35)7-12(10)6-13-8-37-21-17(20(31)29(21)18(13)22(32)33)26-19(30)16(27-36-3)15-9-38-23(24)25-15/h5,7,9,17,20-21,28,31H,6,8H2,1-4H3,(H2,24,25)(H,26,30)(H,32,33). The van der Waals surface area contributed by atoms with Gasteiger partial charge in [0.1, 0.15) is 29.9 Å². The predicted molar refractivity (Wildman–Crippen MR) is 149 cm³/mol. The van der Waals surface area contributed by atoms with Crippen molar-refractivity contribution in [2.75, 3.05) is 29.6 Å². The number of aromatic nitrogens is 1. The predicted octanol–water partition coefficient (Wildman–Crippen LogP) is 0.837. The number of aliphatic carboxylic acids is 1. The Hall–Kier alpha value is -3.34. The summed E-state index contributed by atoms with van der Waals surface area (Å²) in [7, 11) is -2.23. The van der Waals surface area contributed by atoms with Gasteiger partial charge in [0, 0.05) is 11.1 Å². The van der Waals surface area contributed by atoms with Gasteiger partial charge >= 0.3 is 5.97 Å². The summed E-state index contributed by atoms with van der Waals surface area (Å²) < 4.78 is 26.1. The Kier molecular flexibility index (Phi) is 8.11. The van der Waals surface area contributed by atoms with Gasteiger partial charge in [0.2, 0.25) is 10.0 Å². The molecule has 6 N–H and O–H groups in total. The molecule has 0 radical (unpaired) electrons. The summed E-state index contributed by atoms with van der Waals surface area (Å²) in [4.78, 5) is 35.5. The highest BCUT2D eigenvalue weighted by Gasteiger charge is 2.54. The molecule has 2 aliphatic rings. The van der Waals surface area contributed by atoms with Crippen molar-refractivity contribution in [3.8, 4) is 0 Å². The molecule has 0 aliphatic carbocycles. The van der Waals surface area contributed by atoms with Crippen molar-refractivity contribution in [3.63, 3.8) is 0 Å². The minimum absolute atomic E-state index is 0.0487. The summed E-state index contributed by atoms with van der Waals surface area (Å²) >= 11 is 2.50. The smallest absolute Gasteiger partial charge is 0.352 e. The van der Waals surface area contributed by atoms with Crippen LogP contribution >= 0.6 is 23.1 Å². The molecule has 1 aromatic heterocycles. The van der Waals surface area contributed by atoms with Crippen molar-refractivity contribution in [1.82, 2.24) is 15.2 Å². The second-order valence-corrected chi connectivity index (χ2v) is 12.9. The number of hydrogen-bond donors (Lipinski definition) is 5. The van der Waals surface area contributed by atoms with Crippen LogP contribution < -0.4 is 15.8 Å². The number of thiazole rings is 1. The van der Waals surface area contributed by atoms with E-state index in [1.807, 2.05) is 13.0 Å². The molecule has 13 nitrogen and oxygen atoms in total. The third kappa shape index (κ3) is 5.98. The van der Waals surface area contributed by atoms with E-state index in [-0.39, 0.29) is 28.7 Å². The number of sulfonamides is 1. The van der Waals surface area contributed by atoms with Gasteiger partial charge < -0.3 is 31.0 Å². The van der Waals surface area contributed by atoms with Gasteiger partial charge in [0.25, 0.3) is 5.91 Å². The van der Waals surface area contributed by atoms with Gasteiger partial charge in [0.05, 0.1) is 11.9 Å². The Labute approximate surface area is 233 Å². The van der Waals surface area contributed by atoms with Gasteiger partial charge in [-0.25, -0.2) is 18.2 Å². The number of aryl methyl sites for hydroxylation is 2. The third-order valence-corrected chi connectivity index (χ3v) is 8.90. The first-order valence-corrected chi connectivity index (χ1v) is 15.4. The Bertz CT molecular complexity index is 1490. The molecule has 16 heteroatoms. The van der Waals surface area contributed by atoms with E-state index >= 15 is 0 Å². The van der Waals surface area contributed by atoms with Gasteiger partial charge in [-0.3, -0.25) is 9.52 Å². The number of aliphatic hydroxyl groups excluding tert-OH is 1. The number of anilines is 2. The summed E-state index contributed by atoms with van der Waals surface area (Å²) in [5.41, 5.74) is 9.04. The molecule has 1 fully saturated rings. The molecule has 210 valence electrons. The first kappa shape index (κ1) is 28.7. The van der Waals surface area contributed by atoms with Crippen LogP contribution in [0.25, 0.3) is 0 Å². The number of fused-ring (bicyclic) bond motifs is 1.